The molecule has 0 spiro atoms. The van der Waals surface area contributed by atoms with Crippen molar-refractivity contribution in [1.29, 1.82) is 0 Å². The molecule has 0 N–H and O–H groups in total. The van der Waals surface area contributed by atoms with E-state index in [1.54, 1.807) is 6.20 Å². The number of aromatic nitrogens is 1. The second-order valence-electron chi connectivity index (χ2n) is 3.07. The highest BCUT2D eigenvalue weighted by molar-refractivity contribution is 7.80. The summed E-state index contributed by atoms with van der Waals surface area (Å²) in [6.07, 6.45) is 1.79. The SMILES string of the molecule is SC(c1ccccc1)c1ccccn1. The lowest BCUT2D eigenvalue weighted by atomic mass is 10.1. The van der Waals surface area contributed by atoms with E-state index < -0.39 is 0 Å². The average Bonchev–Trinajstić information content (AvgIpc) is 2.30. The Kier molecular flexibility index (Phi) is 2.84. The molecule has 0 aliphatic heterocycles. The number of thiol groups is 1. The molecule has 1 aromatic heterocycles. The maximum atomic E-state index is 4.55. The summed E-state index contributed by atoms with van der Waals surface area (Å²) in [4.78, 5) is 4.28. The number of benzene rings is 1. The van der Waals surface area contributed by atoms with Crippen LogP contribution in [0.5, 0.6) is 0 Å². The molecule has 0 amide bonds. The Labute approximate surface area is 89.2 Å². The molecular weight excluding hydrogens is 190 g/mol. The summed E-state index contributed by atoms with van der Waals surface area (Å²) in [7, 11) is 0. The van der Waals surface area contributed by atoms with Gasteiger partial charge in [0, 0.05) is 6.20 Å². The van der Waals surface area contributed by atoms with Gasteiger partial charge in [-0.25, -0.2) is 0 Å². The minimum atomic E-state index is 0.0670. The summed E-state index contributed by atoms with van der Waals surface area (Å²) < 4.78 is 0. The third-order valence-corrected chi connectivity index (χ3v) is 2.65. The molecule has 1 aromatic carbocycles. The molecule has 0 aliphatic rings. The van der Waals surface area contributed by atoms with Gasteiger partial charge in [0.05, 0.1) is 10.9 Å². The Hall–Kier alpha value is -1.28. The molecule has 1 nitrogen and oxygen atoms in total. The van der Waals surface area contributed by atoms with Crippen molar-refractivity contribution in [1.82, 2.24) is 4.98 Å². The fourth-order valence-electron chi connectivity index (χ4n) is 1.34. The maximum Gasteiger partial charge on any atom is 0.0689 e. The molecule has 2 rings (SSSR count). The first-order valence-electron chi connectivity index (χ1n) is 4.52. The van der Waals surface area contributed by atoms with E-state index in [1.165, 1.54) is 5.56 Å². The normalized spacial score (nSPS) is 12.4. The molecule has 0 saturated heterocycles. The lowest BCUT2D eigenvalue weighted by molar-refractivity contribution is 1.06. The van der Waals surface area contributed by atoms with Crippen molar-refractivity contribution < 1.29 is 0 Å². The summed E-state index contributed by atoms with van der Waals surface area (Å²) in [5, 5.41) is 0.0670. The second-order valence-corrected chi connectivity index (χ2v) is 3.58. The van der Waals surface area contributed by atoms with Gasteiger partial charge in [0.2, 0.25) is 0 Å². The predicted octanol–water partition coefficient (Wildman–Crippen LogP) is 3.10. The van der Waals surface area contributed by atoms with Crippen LogP contribution in [0.4, 0.5) is 0 Å². The largest absolute Gasteiger partial charge is 0.260 e. The van der Waals surface area contributed by atoms with Crippen molar-refractivity contribution in [3.8, 4) is 0 Å². The van der Waals surface area contributed by atoms with E-state index in [0.717, 1.165) is 5.69 Å². The van der Waals surface area contributed by atoms with E-state index in [0.29, 0.717) is 0 Å². The smallest absolute Gasteiger partial charge is 0.0689 e. The number of rotatable bonds is 2. The van der Waals surface area contributed by atoms with Gasteiger partial charge in [-0.2, -0.15) is 12.6 Å². The molecule has 2 heteroatoms. The van der Waals surface area contributed by atoms with Crippen LogP contribution in [0.2, 0.25) is 0 Å². The molecule has 2 aromatic rings. The Morgan fingerprint density at radius 2 is 1.64 bits per heavy atom. The quantitative estimate of drug-likeness (QED) is 0.737. The van der Waals surface area contributed by atoms with Gasteiger partial charge in [-0.3, -0.25) is 4.98 Å². The zero-order chi connectivity index (χ0) is 9.80. The molecule has 0 bridgehead atoms. The summed E-state index contributed by atoms with van der Waals surface area (Å²) in [5.74, 6) is 0. The Morgan fingerprint density at radius 1 is 0.929 bits per heavy atom. The molecule has 1 atom stereocenters. The zero-order valence-corrected chi connectivity index (χ0v) is 8.56. The number of pyridine rings is 1. The van der Waals surface area contributed by atoms with Gasteiger partial charge in [0.25, 0.3) is 0 Å². The standard InChI is InChI=1S/C12H11NS/c14-12(10-6-2-1-3-7-10)11-8-4-5-9-13-11/h1-9,12,14H. The van der Waals surface area contributed by atoms with Crippen molar-refractivity contribution in [2.45, 2.75) is 5.25 Å². The van der Waals surface area contributed by atoms with Crippen LogP contribution in [-0.4, -0.2) is 4.98 Å². The van der Waals surface area contributed by atoms with Crippen LogP contribution >= 0.6 is 12.6 Å². The van der Waals surface area contributed by atoms with Crippen molar-refractivity contribution in [3.05, 3.63) is 66.0 Å². The minimum Gasteiger partial charge on any atom is -0.260 e. The van der Waals surface area contributed by atoms with E-state index in [4.69, 9.17) is 0 Å². The first-order valence-corrected chi connectivity index (χ1v) is 5.03. The van der Waals surface area contributed by atoms with Crippen molar-refractivity contribution >= 4 is 12.6 Å². The second kappa shape index (κ2) is 4.29. The molecule has 0 saturated carbocycles. The third kappa shape index (κ3) is 1.96. The fraction of sp³-hybridized carbons (Fsp3) is 0.0833. The van der Waals surface area contributed by atoms with E-state index >= 15 is 0 Å². The molecule has 1 heterocycles. The summed E-state index contributed by atoms with van der Waals surface area (Å²) in [6, 6.07) is 16.0. The number of hydrogen-bond acceptors (Lipinski definition) is 2. The Bertz CT molecular complexity index is 346. The van der Waals surface area contributed by atoms with Gasteiger partial charge in [-0.15, -0.1) is 0 Å². The number of hydrogen-bond donors (Lipinski definition) is 1. The average molecular weight is 201 g/mol. The third-order valence-electron chi connectivity index (χ3n) is 2.08. The summed E-state index contributed by atoms with van der Waals surface area (Å²) in [6.45, 7) is 0. The minimum absolute atomic E-state index is 0.0670. The van der Waals surface area contributed by atoms with Gasteiger partial charge in [-0.05, 0) is 17.7 Å². The van der Waals surface area contributed by atoms with E-state index in [9.17, 15) is 0 Å². The highest BCUT2D eigenvalue weighted by Crippen LogP contribution is 2.25. The van der Waals surface area contributed by atoms with Crippen LogP contribution in [-0.2, 0) is 0 Å². The molecule has 70 valence electrons. The Morgan fingerprint density at radius 3 is 2.29 bits per heavy atom. The highest BCUT2D eigenvalue weighted by atomic mass is 32.1. The summed E-state index contributed by atoms with van der Waals surface area (Å²) >= 11 is 4.55. The van der Waals surface area contributed by atoms with Crippen LogP contribution < -0.4 is 0 Å². The van der Waals surface area contributed by atoms with Crippen LogP contribution in [0.25, 0.3) is 0 Å². The molecule has 0 aliphatic carbocycles. The van der Waals surface area contributed by atoms with Crippen molar-refractivity contribution in [3.63, 3.8) is 0 Å². The van der Waals surface area contributed by atoms with Gasteiger partial charge in [0.1, 0.15) is 0 Å². The van der Waals surface area contributed by atoms with Crippen LogP contribution in [0, 0.1) is 0 Å². The fourth-order valence-corrected chi connectivity index (χ4v) is 1.67. The first-order chi connectivity index (χ1) is 6.88. The zero-order valence-electron chi connectivity index (χ0n) is 7.67. The first kappa shape index (κ1) is 9.28. The summed E-state index contributed by atoms with van der Waals surface area (Å²) in [5.41, 5.74) is 2.16. The van der Waals surface area contributed by atoms with E-state index in [1.807, 2.05) is 36.4 Å². The van der Waals surface area contributed by atoms with Crippen LogP contribution in [0.1, 0.15) is 16.5 Å². The van der Waals surface area contributed by atoms with E-state index in [2.05, 4.69) is 29.7 Å². The molecule has 0 fully saturated rings. The number of nitrogens with zero attached hydrogens (tertiary/aromatic N) is 1. The van der Waals surface area contributed by atoms with Gasteiger partial charge in [-0.1, -0.05) is 36.4 Å². The highest BCUT2D eigenvalue weighted by Gasteiger charge is 2.08. The van der Waals surface area contributed by atoms with Crippen LogP contribution in [0.3, 0.4) is 0 Å². The van der Waals surface area contributed by atoms with Crippen LogP contribution in [0.15, 0.2) is 54.7 Å². The lowest BCUT2D eigenvalue weighted by Crippen LogP contribution is -1.95. The molecule has 0 radical (unpaired) electrons. The van der Waals surface area contributed by atoms with Gasteiger partial charge in [0.15, 0.2) is 0 Å². The Balaban J connectivity index is 2.30. The monoisotopic (exact) mass is 201 g/mol. The van der Waals surface area contributed by atoms with Crippen molar-refractivity contribution in [2.75, 3.05) is 0 Å². The molecule has 1 unspecified atom stereocenters. The topological polar surface area (TPSA) is 12.9 Å². The predicted molar refractivity (Wildman–Crippen MR) is 61.5 cm³/mol. The van der Waals surface area contributed by atoms with E-state index in [-0.39, 0.29) is 5.25 Å². The maximum absolute atomic E-state index is 4.55. The van der Waals surface area contributed by atoms with Gasteiger partial charge >= 0.3 is 0 Å². The van der Waals surface area contributed by atoms with Gasteiger partial charge < -0.3 is 0 Å². The lowest BCUT2D eigenvalue weighted by Gasteiger charge is -2.09. The molecule has 14 heavy (non-hydrogen) atoms. The molecular formula is C12H11NS. The van der Waals surface area contributed by atoms with Crippen molar-refractivity contribution in [2.24, 2.45) is 0 Å².